The Morgan fingerprint density at radius 3 is 2.29 bits per heavy atom. The van der Waals surface area contributed by atoms with Crippen molar-refractivity contribution in [2.75, 3.05) is 0 Å². The predicted molar refractivity (Wildman–Crippen MR) is 87.9 cm³/mol. The lowest BCUT2D eigenvalue weighted by Crippen LogP contribution is -2.30. The monoisotopic (exact) mass is 298 g/mol. The van der Waals surface area contributed by atoms with E-state index in [1.54, 1.807) is 13.8 Å². The van der Waals surface area contributed by atoms with Crippen LogP contribution in [0.4, 0.5) is 0 Å². The molecule has 21 heavy (non-hydrogen) atoms. The van der Waals surface area contributed by atoms with Gasteiger partial charge in [0.25, 0.3) is 0 Å². The summed E-state index contributed by atoms with van der Waals surface area (Å²) in [5, 5.41) is 19.2. The Labute approximate surface area is 131 Å². The van der Waals surface area contributed by atoms with Gasteiger partial charge in [0, 0.05) is 6.42 Å². The van der Waals surface area contributed by atoms with Crippen LogP contribution in [-0.2, 0) is 4.74 Å². The van der Waals surface area contributed by atoms with Gasteiger partial charge in [-0.25, -0.2) is 0 Å². The quantitative estimate of drug-likeness (QED) is 0.344. The first-order valence-electron chi connectivity index (χ1n) is 8.45. The van der Waals surface area contributed by atoms with Gasteiger partial charge in [0.05, 0.1) is 6.10 Å². The van der Waals surface area contributed by atoms with E-state index in [0.29, 0.717) is 12.8 Å². The second-order valence-electron chi connectivity index (χ2n) is 6.17. The third kappa shape index (κ3) is 14.2. The summed E-state index contributed by atoms with van der Waals surface area (Å²) in [6, 6.07) is 0. The molecule has 0 spiro atoms. The smallest absolute Gasteiger partial charge is 0.160 e. The van der Waals surface area contributed by atoms with E-state index in [0.717, 1.165) is 19.3 Å². The van der Waals surface area contributed by atoms with Crippen molar-refractivity contribution >= 4 is 0 Å². The number of ether oxygens (including phenoxy) is 1. The summed E-state index contributed by atoms with van der Waals surface area (Å²) in [5.74, 6) is 4.73. The summed E-state index contributed by atoms with van der Waals surface area (Å²) in [4.78, 5) is 0. The molecule has 0 saturated heterocycles. The molecule has 0 rings (SSSR count). The fourth-order valence-corrected chi connectivity index (χ4v) is 2.17. The third-order valence-corrected chi connectivity index (χ3v) is 3.33. The van der Waals surface area contributed by atoms with E-state index in [1.165, 1.54) is 25.7 Å². The maximum Gasteiger partial charge on any atom is 0.160 e. The first-order chi connectivity index (χ1) is 9.89. The molecule has 3 nitrogen and oxygen atoms in total. The lowest BCUT2D eigenvalue weighted by atomic mass is 10.0. The van der Waals surface area contributed by atoms with Crippen molar-refractivity contribution in [1.82, 2.24) is 0 Å². The van der Waals surface area contributed by atoms with Gasteiger partial charge in [-0.05, 0) is 33.1 Å². The van der Waals surface area contributed by atoms with Crippen LogP contribution in [-0.4, -0.2) is 28.2 Å². The number of hydrogen-bond acceptors (Lipinski definition) is 3. The van der Waals surface area contributed by atoms with E-state index >= 15 is 0 Å². The van der Waals surface area contributed by atoms with E-state index in [1.807, 2.05) is 6.92 Å². The average molecular weight is 298 g/mol. The Bertz CT molecular complexity index is 296. The first-order valence-corrected chi connectivity index (χ1v) is 8.45. The van der Waals surface area contributed by atoms with E-state index < -0.39 is 11.9 Å². The van der Waals surface area contributed by atoms with Crippen molar-refractivity contribution in [3.8, 4) is 11.8 Å². The summed E-state index contributed by atoms with van der Waals surface area (Å²) >= 11 is 0. The Morgan fingerprint density at radius 2 is 1.71 bits per heavy atom. The van der Waals surface area contributed by atoms with E-state index in [9.17, 15) is 10.2 Å². The average Bonchev–Trinajstić information content (AvgIpc) is 2.41. The maximum absolute atomic E-state index is 9.81. The van der Waals surface area contributed by atoms with Crippen molar-refractivity contribution in [2.24, 2.45) is 0 Å². The summed E-state index contributed by atoms with van der Waals surface area (Å²) in [5.41, 5.74) is 0. The van der Waals surface area contributed by atoms with E-state index in [4.69, 9.17) is 4.74 Å². The van der Waals surface area contributed by atoms with E-state index in [2.05, 4.69) is 18.8 Å². The molecule has 0 aromatic rings. The fraction of sp³-hybridized carbons (Fsp3) is 0.889. The minimum atomic E-state index is -1.09. The van der Waals surface area contributed by atoms with Gasteiger partial charge in [0.2, 0.25) is 0 Å². The topological polar surface area (TPSA) is 49.7 Å². The van der Waals surface area contributed by atoms with Crippen molar-refractivity contribution in [2.45, 2.75) is 103 Å². The number of unbranched alkanes of at least 4 members (excludes halogenated alkanes) is 4. The zero-order valence-corrected chi connectivity index (χ0v) is 14.3. The highest BCUT2D eigenvalue weighted by Crippen LogP contribution is 2.18. The van der Waals surface area contributed by atoms with Gasteiger partial charge in [-0.15, -0.1) is 5.92 Å². The number of aliphatic hydroxyl groups excluding tert-OH is 1. The zero-order valence-electron chi connectivity index (χ0n) is 14.3. The Kier molecular flexibility index (Phi) is 11.7. The van der Waals surface area contributed by atoms with Gasteiger partial charge in [0.15, 0.2) is 5.79 Å². The number of rotatable bonds is 11. The molecule has 2 atom stereocenters. The van der Waals surface area contributed by atoms with Crippen LogP contribution in [0.5, 0.6) is 0 Å². The van der Waals surface area contributed by atoms with Crippen LogP contribution in [0.3, 0.4) is 0 Å². The molecule has 3 heteroatoms. The standard InChI is InChI=1S/C18H34O3/c1-5-7-8-9-10-14-17(21-18(3,4)20)15-12-11-13-16(19)6-2/h16-17,19-20H,5-10,12,14-15H2,1-4H3. The van der Waals surface area contributed by atoms with Gasteiger partial charge >= 0.3 is 0 Å². The van der Waals surface area contributed by atoms with Crippen LogP contribution in [0.2, 0.25) is 0 Å². The van der Waals surface area contributed by atoms with E-state index in [-0.39, 0.29) is 6.10 Å². The molecule has 0 heterocycles. The highest BCUT2D eigenvalue weighted by atomic mass is 16.6. The second-order valence-corrected chi connectivity index (χ2v) is 6.17. The molecule has 0 aliphatic carbocycles. The largest absolute Gasteiger partial charge is 0.380 e. The third-order valence-electron chi connectivity index (χ3n) is 3.33. The number of aliphatic hydroxyl groups is 2. The van der Waals surface area contributed by atoms with Crippen LogP contribution in [0, 0.1) is 11.8 Å². The summed E-state index contributed by atoms with van der Waals surface area (Å²) in [6.45, 7) is 7.46. The molecular formula is C18H34O3. The molecule has 124 valence electrons. The lowest BCUT2D eigenvalue weighted by molar-refractivity contribution is -0.207. The van der Waals surface area contributed by atoms with Crippen molar-refractivity contribution in [3.05, 3.63) is 0 Å². The minimum Gasteiger partial charge on any atom is -0.380 e. The Balaban J connectivity index is 4.10. The van der Waals surface area contributed by atoms with Gasteiger partial charge < -0.3 is 14.9 Å². The van der Waals surface area contributed by atoms with Crippen molar-refractivity contribution < 1.29 is 14.9 Å². The van der Waals surface area contributed by atoms with Crippen LogP contribution in [0.1, 0.15) is 85.5 Å². The summed E-state index contributed by atoms with van der Waals surface area (Å²) < 4.78 is 5.70. The second kappa shape index (κ2) is 12.0. The SMILES string of the molecule is CCCCCCCC(CCC#CC(O)CC)OC(C)(C)O. The molecule has 0 aromatic heterocycles. The molecule has 0 aliphatic heterocycles. The van der Waals surface area contributed by atoms with Gasteiger partial charge in [-0.3, -0.25) is 0 Å². The molecule has 0 amide bonds. The molecular weight excluding hydrogens is 264 g/mol. The molecule has 0 radical (unpaired) electrons. The molecule has 0 saturated carbocycles. The highest BCUT2D eigenvalue weighted by molar-refractivity contribution is 5.04. The van der Waals surface area contributed by atoms with Gasteiger partial charge in [-0.1, -0.05) is 51.9 Å². The molecule has 2 N–H and O–H groups in total. The Hall–Kier alpha value is -0.560. The van der Waals surface area contributed by atoms with Crippen molar-refractivity contribution in [3.63, 3.8) is 0 Å². The zero-order chi connectivity index (χ0) is 16.1. The normalized spacial score (nSPS) is 14.4. The predicted octanol–water partition coefficient (Wildman–Crippen LogP) is 4.02. The van der Waals surface area contributed by atoms with Crippen LogP contribution < -0.4 is 0 Å². The highest BCUT2D eigenvalue weighted by Gasteiger charge is 2.19. The molecule has 0 aromatic carbocycles. The van der Waals surface area contributed by atoms with Crippen LogP contribution in [0.15, 0.2) is 0 Å². The molecule has 0 fully saturated rings. The van der Waals surface area contributed by atoms with Gasteiger partial charge in [-0.2, -0.15) is 0 Å². The lowest BCUT2D eigenvalue weighted by Gasteiger charge is -2.26. The molecule has 0 aliphatic rings. The van der Waals surface area contributed by atoms with Gasteiger partial charge in [0.1, 0.15) is 6.10 Å². The first kappa shape index (κ1) is 20.4. The minimum absolute atomic E-state index is 0.0414. The fourth-order valence-electron chi connectivity index (χ4n) is 2.17. The maximum atomic E-state index is 9.81. The molecule has 2 unspecified atom stereocenters. The number of hydrogen-bond donors (Lipinski definition) is 2. The van der Waals surface area contributed by atoms with Crippen molar-refractivity contribution in [1.29, 1.82) is 0 Å². The summed E-state index contributed by atoms with van der Waals surface area (Å²) in [6.07, 6.45) is 8.82. The Morgan fingerprint density at radius 1 is 1.05 bits per heavy atom. The molecule has 0 bridgehead atoms. The summed E-state index contributed by atoms with van der Waals surface area (Å²) in [7, 11) is 0. The van der Waals surface area contributed by atoms with Crippen LogP contribution in [0.25, 0.3) is 0 Å². The van der Waals surface area contributed by atoms with Crippen LogP contribution >= 0.6 is 0 Å².